The van der Waals surface area contributed by atoms with Crippen LogP contribution in [0.15, 0.2) is 60.7 Å². The average molecular weight is 335 g/mol. The lowest BCUT2D eigenvalue weighted by molar-refractivity contribution is 0.0930. The summed E-state index contributed by atoms with van der Waals surface area (Å²) < 4.78 is 5.18. The minimum atomic E-state index is -0.169. The van der Waals surface area contributed by atoms with Gasteiger partial charge in [-0.25, -0.2) is 0 Å². The number of nitrogens with one attached hydrogen (secondary N) is 2. The first kappa shape index (κ1) is 16.8. The maximum absolute atomic E-state index is 12.5. The number of aromatic nitrogens is 2. The number of benzene rings is 2. The molecule has 2 aromatic carbocycles. The van der Waals surface area contributed by atoms with E-state index in [1.54, 1.807) is 13.2 Å². The molecule has 0 saturated heterocycles. The van der Waals surface area contributed by atoms with E-state index < -0.39 is 0 Å². The van der Waals surface area contributed by atoms with E-state index in [1.165, 1.54) is 0 Å². The standard InChI is InChI=1S/C20H21N3O2/c1-3-17(15-9-11-16(25-2)12-10-15)21-20(24)19-13-18(22-23-19)14-7-5-4-6-8-14/h4-13,17H,3H2,1-2H3,(H,21,24)(H,22,23). The van der Waals surface area contributed by atoms with Crippen LogP contribution in [-0.2, 0) is 0 Å². The second-order valence-corrected chi connectivity index (χ2v) is 5.74. The van der Waals surface area contributed by atoms with Crippen LogP contribution in [0.25, 0.3) is 11.3 Å². The first-order valence-electron chi connectivity index (χ1n) is 8.27. The smallest absolute Gasteiger partial charge is 0.269 e. The summed E-state index contributed by atoms with van der Waals surface area (Å²) in [7, 11) is 1.64. The van der Waals surface area contributed by atoms with Gasteiger partial charge in [-0.15, -0.1) is 0 Å². The van der Waals surface area contributed by atoms with Gasteiger partial charge in [-0.3, -0.25) is 9.89 Å². The highest BCUT2D eigenvalue weighted by molar-refractivity contribution is 5.93. The number of hydrogen-bond acceptors (Lipinski definition) is 3. The summed E-state index contributed by atoms with van der Waals surface area (Å²) in [4.78, 5) is 12.5. The third-order valence-electron chi connectivity index (χ3n) is 4.12. The van der Waals surface area contributed by atoms with Crippen LogP contribution in [0.2, 0.25) is 0 Å². The van der Waals surface area contributed by atoms with Crippen LogP contribution >= 0.6 is 0 Å². The molecule has 0 bridgehead atoms. The molecule has 0 aliphatic heterocycles. The maximum atomic E-state index is 12.5. The summed E-state index contributed by atoms with van der Waals surface area (Å²) in [5.74, 6) is 0.628. The molecular formula is C20H21N3O2. The normalized spacial score (nSPS) is 11.8. The monoisotopic (exact) mass is 335 g/mol. The van der Waals surface area contributed by atoms with Crippen LogP contribution in [0.5, 0.6) is 5.75 Å². The van der Waals surface area contributed by atoms with E-state index in [0.29, 0.717) is 5.69 Å². The molecule has 5 heteroatoms. The number of methoxy groups -OCH3 is 1. The van der Waals surface area contributed by atoms with Gasteiger partial charge < -0.3 is 10.1 Å². The zero-order valence-electron chi connectivity index (χ0n) is 14.3. The largest absolute Gasteiger partial charge is 0.497 e. The summed E-state index contributed by atoms with van der Waals surface area (Å²) in [5.41, 5.74) is 3.22. The third-order valence-corrected chi connectivity index (χ3v) is 4.12. The Labute approximate surface area is 147 Å². The van der Waals surface area contributed by atoms with Crippen molar-refractivity contribution in [3.63, 3.8) is 0 Å². The molecule has 128 valence electrons. The molecule has 1 atom stereocenters. The van der Waals surface area contributed by atoms with Gasteiger partial charge in [0.05, 0.1) is 18.8 Å². The van der Waals surface area contributed by atoms with Gasteiger partial charge in [0.2, 0.25) is 0 Å². The molecule has 1 amide bonds. The fourth-order valence-corrected chi connectivity index (χ4v) is 2.69. The SMILES string of the molecule is CCC(NC(=O)c1cc(-c2ccccc2)n[nH]1)c1ccc(OC)cc1. The number of aromatic amines is 1. The van der Waals surface area contributed by atoms with Crippen LogP contribution < -0.4 is 10.1 Å². The number of H-pyrrole nitrogens is 1. The fraction of sp³-hybridized carbons (Fsp3) is 0.200. The fourth-order valence-electron chi connectivity index (χ4n) is 2.69. The summed E-state index contributed by atoms with van der Waals surface area (Å²) in [6, 6.07) is 19.2. The number of ether oxygens (including phenoxy) is 1. The maximum Gasteiger partial charge on any atom is 0.269 e. The van der Waals surface area contributed by atoms with E-state index >= 15 is 0 Å². The number of carbonyl (C=O) groups is 1. The summed E-state index contributed by atoms with van der Waals surface area (Å²) in [6.07, 6.45) is 0.789. The van der Waals surface area contributed by atoms with Crippen LogP contribution in [0.4, 0.5) is 0 Å². The first-order valence-corrected chi connectivity index (χ1v) is 8.27. The minimum absolute atomic E-state index is 0.0677. The van der Waals surface area contributed by atoms with Gasteiger partial charge in [-0.1, -0.05) is 49.4 Å². The van der Waals surface area contributed by atoms with Crippen LogP contribution in [0, 0.1) is 0 Å². The van der Waals surface area contributed by atoms with E-state index in [-0.39, 0.29) is 11.9 Å². The lowest BCUT2D eigenvalue weighted by atomic mass is 10.0. The molecule has 0 radical (unpaired) electrons. The molecule has 0 aliphatic rings. The quantitative estimate of drug-likeness (QED) is 0.716. The highest BCUT2D eigenvalue weighted by Gasteiger charge is 2.16. The predicted molar refractivity (Wildman–Crippen MR) is 97.5 cm³/mol. The second-order valence-electron chi connectivity index (χ2n) is 5.74. The highest BCUT2D eigenvalue weighted by Crippen LogP contribution is 2.21. The van der Waals surface area contributed by atoms with E-state index in [4.69, 9.17) is 4.74 Å². The van der Waals surface area contributed by atoms with Crippen LogP contribution in [-0.4, -0.2) is 23.2 Å². The van der Waals surface area contributed by atoms with Crippen LogP contribution in [0.3, 0.4) is 0 Å². The van der Waals surface area contributed by atoms with Gasteiger partial charge in [-0.05, 0) is 30.2 Å². The van der Waals surface area contributed by atoms with Crippen molar-refractivity contribution in [1.82, 2.24) is 15.5 Å². The summed E-state index contributed by atoms with van der Waals surface area (Å²) >= 11 is 0. The predicted octanol–water partition coefficient (Wildman–Crippen LogP) is 3.97. The average Bonchev–Trinajstić information content (AvgIpc) is 3.17. The second kappa shape index (κ2) is 7.66. The van der Waals surface area contributed by atoms with Crippen molar-refractivity contribution in [2.45, 2.75) is 19.4 Å². The first-order chi connectivity index (χ1) is 12.2. The lowest BCUT2D eigenvalue weighted by Crippen LogP contribution is -2.28. The Kier molecular flexibility index (Phi) is 5.14. The van der Waals surface area contributed by atoms with Crippen LogP contribution in [0.1, 0.15) is 35.4 Å². The molecular weight excluding hydrogens is 314 g/mol. The molecule has 0 saturated carbocycles. The molecule has 0 aliphatic carbocycles. The molecule has 0 fully saturated rings. The molecule has 1 heterocycles. The van der Waals surface area contributed by atoms with Crippen molar-refractivity contribution in [3.05, 3.63) is 71.9 Å². The van der Waals surface area contributed by atoms with Gasteiger partial charge in [-0.2, -0.15) is 5.10 Å². The Morgan fingerprint density at radius 3 is 2.52 bits per heavy atom. The van der Waals surface area contributed by atoms with Crippen molar-refractivity contribution >= 4 is 5.91 Å². The summed E-state index contributed by atoms with van der Waals surface area (Å²) in [6.45, 7) is 2.04. The number of carbonyl (C=O) groups excluding carboxylic acids is 1. The number of amides is 1. The van der Waals surface area contributed by atoms with Gasteiger partial charge in [0.15, 0.2) is 0 Å². The Bertz CT molecular complexity index is 826. The Balaban J connectivity index is 1.73. The van der Waals surface area contributed by atoms with E-state index in [0.717, 1.165) is 29.0 Å². The third kappa shape index (κ3) is 3.88. The molecule has 0 spiro atoms. The Morgan fingerprint density at radius 1 is 1.16 bits per heavy atom. The van der Waals surface area contributed by atoms with E-state index in [9.17, 15) is 4.79 Å². The van der Waals surface area contributed by atoms with Gasteiger partial charge in [0.25, 0.3) is 5.91 Å². The Hall–Kier alpha value is -3.08. The number of rotatable bonds is 6. The molecule has 3 aromatic rings. The molecule has 2 N–H and O–H groups in total. The topological polar surface area (TPSA) is 67.0 Å². The zero-order chi connectivity index (χ0) is 17.6. The van der Waals surface area contributed by atoms with Crippen molar-refractivity contribution in [2.24, 2.45) is 0 Å². The van der Waals surface area contributed by atoms with E-state index in [2.05, 4.69) is 15.5 Å². The Morgan fingerprint density at radius 2 is 1.88 bits per heavy atom. The van der Waals surface area contributed by atoms with Gasteiger partial charge in [0, 0.05) is 5.56 Å². The van der Waals surface area contributed by atoms with Crippen molar-refractivity contribution in [2.75, 3.05) is 7.11 Å². The van der Waals surface area contributed by atoms with Gasteiger partial charge >= 0.3 is 0 Å². The molecule has 3 rings (SSSR count). The van der Waals surface area contributed by atoms with Gasteiger partial charge in [0.1, 0.15) is 11.4 Å². The molecule has 1 unspecified atom stereocenters. The molecule has 1 aromatic heterocycles. The molecule has 25 heavy (non-hydrogen) atoms. The summed E-state index contributed by atoms with van der Waals surface area (Å²) in [5, 5.41) is 10.1. The van der Waals surface area contributed by atoms with Crippen molar-refractivity contribution in [3.8, 4) is 17.0 Å². The van der Waals surface area contributed by atoms with Crippen molar-refractivity contribution in [1.29, 1.82) is 0 Å². The molecule has 5 nitrogen and oxygen atoms in total. The lowest BCUT2D eigenvalue weighted by Gasteiger charge is -2.17. The zero-order valence-corrected chi connectivity index (χ0v) is 14.3. The minimum Gasteiger partial charge on any atom is -0.497 e. The van der Waals surface area contributed by atoms with E-state index in [1.807, 2.05) is 61.5 Å². The number of nitrogens with zero attached hydrogens (tertiary/aromatic N) is 1. The number of hydrogen-bond donors (Lipinski definition) is 2. The highest BCUT2D eigenvalue weighted by atomic mass is 16.5. The van der Waals surface area contributed by atoms with Crippen molar-refractivity contribution < 1.29 is 9.53 Å².